The number of aromatic carboxylic acids is 1. The second-order valence-corrected chi connectivity index (χ2v) is 4.78. The smallest absolute Gasteiger partial charge is 0.372 e. The number of carbonyl (C=O) groups is 1. The highest BCUT2D eigenvalue weighted by Gasteiger charge is 2.13. The van der Waals surface area contributed by atoms with Crippen molar-refractivity contribution in [3.63, 3.8) is 0 Å². The second kappa shape index (κ2) is 6.56. The van der Waals surface area contributed by atoms with Crippen LogP contribution in [0.25, 0.3) is 0 Å². The molecule has 0 amide bonds. The molecular formula is C13H22N2O3. The molecule has 5 nitrogen and oxygen atoms in total. The number of hydrogen-bond donors (Lipinski definition) is 2. The van der Waals surface area contributed by atoms with Gasteiger partial charge in [-0.2, -0.15) is 0 Å². The minimum atomic E-state index is -1.02. The summed E-state index contributed by atoms with van der Waals surface area (Å²) in [6, 6.07) is 2.29. The lowest BCUT2D eigenvalue weighted by Crippen LogP contribution is -2.33. The molecule has 18 heavy (non-hydrogen) atoms. The van der Waals surface area contributed by atoms with Crippen LogP contribution in [0, 0.1) is 6.92 Å². The molecule has 0 aliphatic carbocycles. The molecule has 0 unspecified atom stereocenters. The molecule has 0 aliphatic heterocycles. The zero-order chi connectivity index (χ0) is 13.7. The Kier molecular flexibility index (Phi) is 5.37. The van der Waals surface area contributed by atoms with Crippen LogP contribution in [0.15, 0.2) is 10.5 Å². The number of nitrogens with one attached hydrogen (secondary N) is 1. The molecule has 0 saturated carbocycles. The Morgan fingerprint density at radius 1 is 1.56 bits per heavy atom. The Labute approximate surface area is 108 Å². The summed E-state index contributed by atoms with van der Waals surface area (Å²) in [6.45, 7) is 8.38. The van der Waals surface area contributed by atoms with E-state index in [0.717, 1.165) is 13.1 Å². The van der Waals surface area contributed by atoms with Gasteiger partial charge >= 0.3 is 5.97 Å². The molecule has 102 valence electrons. The second-order valence-electron chi connectivity index (χ2n) is 4.78. The largest absolute Gasteiger partial charge is 0.475 e. The van der Waals surface area contributed by atoms with Gasteiger partial charge in [-0.25, -0.2) is 4.79 Å². The summed E-state index contributed by atoms with van der Waals surface area (Å²) >= 11 is 0. The van der Waals surface area contributed by atoms with E-state index in [2.05, 4.69) is 31.1 Å². The summed E-state index contributed by atoms with van der Waals surface area (Å²) in [5.41, 5.74) is 0.665. The summed E-state index contributed by atoms with van der Waals surface area (Å²) < 4.78 is 5.25. The molecule has 0 bridgehead atoms. The zero-order valence-corrected chi connectivity index (χ0v) is 11.5. The average molecular weight is 254 g/mol. The number of carboxylic acid groups (broad SMARTS) is 1. The van der Waals surface area contributed by atoms with Gasteiger partial charge in [0.15, 0.2) is 0 Å². The van der Waals surface area contributed by atoms with E-state index in [4.69, 9.17) is 9.52 Å². The summed E-state index contributed by atoms with van der Waals surface area (Å²) in [6.07, 6.45) is 0. The van der Waals surface area contributed by atoms with Gasteiger partial charge < -0.3 is 19.7 Å². The average Bonchev–Trinajstić information content (AvgIpc) is 2.65. The molecule has 0 fully saturated rings. The van der Waals surface area contributed by atoms with Gasteiger partial charge in [-0.3, -0.25) is 0 Å². The number of carboxylic acids is 1. The standard InChI is InChI=1S/C13H22N2O3/c1-9(2)15(4)6-5-14-8-11-7-10(3)12(18-11)13(16)17/h7,9,14H,5-6,8H2,1-4H3,(H,16,17). The maximum Gasteiger partial charge on any atom is 0.372 e. The number of nitrogens with zero attached hydrogens (tertiary/aromatic N) is 1. The molecule has 0 aromatic carbocycles. The first kappa shape index (κ1) is 14.7. The fourth-order valence-corrected chi connectivity index (χ4v) is 1.57. The van der Waals surface area contributed by atoms with Gasteiger partial charge in [0.2, 0.25) is 5.76 Å². The highest BCUT2D eigenvalue weighted by Crippen LogP contribution is 2.14. The van der Waals surface area contributed by atoms with Crippen LogP contribution in [0.5, 0.6) is 0 Å². The van der Waals surface area contributed by atoms with Crippen molar-refractivity contribution in [2.45, 2.75) is 33.4 Å². The van der Waals surface area contributed by atoms with E-state index >= 15 is 0 Å². The molecule has 0 radical (unpaired) electrons. The molecule has 0 atom stereocenters. The lowest BCUT2D eigenvalue weighted by atomic mass is 10.2. The van der Waals surface area contributed by atoms with Gasteiger partial charge in [-0.1, -0.05) is 0 Å². The fourth-order valence-electron chi connectivity index (χ4n) is 1.57. The van der Waals surface area contributed by atoms with E-state index in [0.29, 0.717) is 23.9 Å². The van der Waals surface area contributed by atoms with Crippen molar-refractivity contribution >= 4 is 5.97 Å². The molecule has 1 heterocycles. The predicted molar refractivity (Wildman–Crippen MR) is 69.9 cm³/mol. The van der Waals surface area contributed by atoms with Crippen molar-refractivity contribution in [1.82, 2.24) is 10.2 Å². The number of likely N-dealkylation sites (N-methyl/N-ethyl adjacent to an activating group) is 1. The summed E-state index contributed by atoms with van der Waals surface area (Å²) in [5, 5.41) is 12.1. The van der Waals surface area contributed by atoms with Crippen molar-refractivity contribution in [3.8, 4) is 0 Å². The number of furan rings is 1. The third-order valence-electron chi connectivity index (χ3n) is 2.99. The third-order valence-corrected chi connectivity index (χ3v) is 2.99. The Balaban J connectivity index is 2.36. The van der Waals surface area contributed by atoms with E-state index in [9.17, 15) is 4.79 Å². The zero-order valence-electron chi connectivity index (χ0n) is 11.5. The first-order valence-electron chi connectivity index (χ1n) is 6.15. The molecule has 0 saturated heterocycles. The van der Waals surface area contributed by atoms with Crippen LogP contribution in [0.3, 0.4) is 0 Å². The molecule has 1 aromatic heterocycles. The van der Waals surface area contributed by atoms with Crippen LogP contribution in [0.1, 0.15) is 35.7 Å². The summed E-state index contributed by atoms with van der Waals surface area (Å²) in [4.78, 5) is 13.0. The van der Waals surface area contributed by atoms with Gasteiger partial charge in [0.05, 0.1) is 6.54 Å². The normalized spacial score (nSPS) is 11.4. The minimum Gasteiger partial charge on any atom is -0.475 e. The Morgan fingerprint density at radius 3 is 2.72 bits per heavy atom. The van der Waals surface area contributed by atoms with Gasteiger partial charge in [-0.15, -0.1) is 0 Å². The summed E-state index contributed by atoms with van der Waals surface area (Å²) in [5.74, 6) is -0.318. The maximum absolute atomic E-state index is 10.8. The molecule has 0 aliphatic rings. The molecule has 0 spiro atoms. The van der Waals surface area contributed by atoms with Gasteiger partial charge in [0.1, 0.15) is 5.76 Å². The van der Waals surface area contributed by atoms with Crippen LogP contribution in [-0.4, -0.2) is 42.2 Å². The minimum absolute atomic E-state index is 0.0334. The van der Waals surface area contributed by atoms with Crippen LogP contribution in [0.4, 0.5) is 0 Å². The van der Waals surface area contributed by atoms with Gasteiger partial charge in [0, 0.05) is 24.7 Å². The van der Waals surface area contributed by atoms with Crippen LogP contribution < -0.4 is 5.32 Å². The molecule has 2 N–H and O–H groups in total. The quantitative estimate of drug-likeness (QED) is 0.725. The van der Waals surface area contributed by atoms with Gasteiger partial charge in [0.25, 0.3) is 0 Å². The lowest BCUT2D eigenvalue weighted by molar-refractivity contribution is 0.0659. The molecule has 5 heteroatoms. The van der Waals surface area contributed by atoms with Crippen molar-refractivity contribution in [2.24, 2.45) is 0 Å². The summed E-state index contributed by atoms with van der Waals surface area (Å²) in [7, 11) is 2.08. The molecule has 1 aromatic rings. The SMILES string of the molecule is Cc1cc(CNCCN(C)C(C)C)oc1C(=O)O. The van der Waals surface area contributed by atoms with Gasteiger partial charge in [-0.05, 0) is 33.9 Å². The highest BCUT2D eigenvalue weighted by molar-refractivity contribution is 5.86. The van der Waals surface area contributed by atoms with Crippen molar-refractivity contribution in [3.05, 3.63) is 23.2 Å². The Bertz CT molecular complexity index is 399. The topological polar surface area (TPSA) is 65.7 Å². The first-order valence-corrected chi connectivity index (χ1v) is 6.15. The monoisotopic (exact) mass is 254 g/mol. The van der Waals surface area contributed by atoms with Crippen molar-refractivity contribution < 1.29 is 14.3 Å². The predicted octanol–water partition coefficient (Wildman–Crippen LogP) is 1.72. The Morgan fingerprint density at radius 2 is 2.22 bits per heavy atom. The Hall–Kier alpha value is -1.33. The first-order chi connectivity index (χ1) is 8.41. The number of aryl methyl sites for hydroxylation is 1. The highest BCUT2D eigenvalue weighted by atomic mass is 16.4. The fraction of sp³-hybridized carbons (Fsp3) is 0.615. The van der Waals surface area contributed by atoms with Crippen LogP contribution in [-0.2, 0) is 6.54 Å². The molecule has 1 rings (SSSR count). The van der Waals surface area contributed by atoms with Crippen LogP contribution in [0.2, 0.25) is 0 Å². The van der Waals surface area contributed by atoms with Crippen LogP contribution >= 0.6 is 0 Å². The number of hydrogen-bond acceptors (Lipinski definition) is 4. The maximum atomic E-state index is 10.8. The van der Waals surface area contributed by atoms with Crippen molar-refractivity contribution in [1.29, 1.82) is 0 Å². The van der Waals surface area contributed by atoms with E-state index < -0.39 is 5.97 Å². The van der Waals surface area contributed by atoms with E-state index in [1.165, 1.54) is 0 Å². The lowest BCUT2D eigenvalue weighted by Gasteiger charge is -2.20. The van der Waals surface area contributed by atoms with Crippen molar-refractivity contribution in [2.75, 3.05) is 20.1 Å². The van der Waals surface area contributed by atoms with E-state index in [-0.39, 0.29) is 5.76 Å². The van der Waals surface area contributed by atoms with E-state index in [1.807, 2.05) is 0 Å². The molecular weight excluding hydrogens is 232 g/mol. The number of rotatable bonds is 7. The third kappa shape index (κ3) is 4.16. The van der Waals surface area contributed by atoms with E-state index in [1.54, 1.807) is 13.0 Å².